The summed E-state index contributed by atoms with van der Waals surface area (Å²) in [5, 5.41) is 0.928. The molecule has 1 aliphatic carbocycles. The molecule has 0 unspecified atom stereocenters. The van der Waals surface area contributed by atoms with Crippen LogP contribution in [0, 0.1) is 5.92 Å². The SMILES string of the molecule is O=c1ccc2cncnc2n1CC1CC1. The minimum Gasteiger partial charge on any atom is -0.292 e. The van der Waals surface area contributed by atoms with Crippen LogP contribution in [-0.2, 0) is 6.54 Å². The molecule has 1 aliphatic rings. The molecule has 0 N–H and O–H groups in total. The average molecular weight is 201 g/mol. The fourth-order valence-electron chi connectivity index (χ4n) is 1.77. The van der Waals surface area contributed by atoms with Gasteiger partial charge in [-0.3, -0.25) is 9.36 Å². The van der Waals surface area contributed by atoms with E-state index in [1.54, 1.807) is 22.9 Å². The summed E-state index contributed by atoms with van der Waals surface area (Å²) in [4.78, 5) is 19.8. The van der Waals surface area contributed by atoms with E-state index in [-0.39, 0.29) is 5.56 Å². The molecule has 3 rings (SSSR count). The van der Waals surface area contributed by atoms with Crippen molar-refractivity contribution < 1.29 is 0 Å². The van der Waals surface area contributed by atoms with E-state index in [1.165, 1.54) is 19.2 Å². The molecule has 0 atom stereocenters. The first-order valence-electron chi connectivity index (χ1n) is 5.14. The quantitative estimate of drug-likeness (QED) is 0.733. The van der Waals surface area contributed by atoms with Crippen molar-refractivity contribution in [3.63, 3.8) is 0 Å². The van der Waals surface area contributed by atoms with E-state index < -0.39 is 0 Å². The smallest absolute Gasteiger partial charge is 0.252 e. The van der Waals surface area contributed by atoms with Gasteiger partial charge < -0.3 is 0 Å². The Morgan fingerprint density at radius 1 is 1.40 bits per heavy atom. The number of hydrogen-bond acceptors (Lipinski definition) is 3. The second kappa shape index (κ2) is 3.15. The normalized spacial score (nSPS) is 15.7. The molecule has 1 saturated carbocycles. The summed E-state index contributed by atoms with van der Waals surface area (Å²) in [6.07, 6.45) is 5.69. The molecule has 0 aromatic carbocycles. The Labute approximate surface area is 86.6 Å². The molecule has 15 heavy (non-hydrogen) atoms. The Bertz CT molecular complexity index is 557. The monoisotopic (exact) mass is 201 g/mol. The molecule has 0 aliphatic heterocycles. The van der Waals surface area contributed by atoms with Crippen molar-refractivity contribution in [1.82, 2.24) is 14.5 Å². The number of pyridine rings is 1. The number of hydrogen-bond donors (Lipinski definition) is 0. The third-order valence-corrected chi connectivity index (χ3v) is 2.78. The minimum atomic E-state index is 0.0353. The highest BCUT2D eigenvalue weighted by atomic mass is 16.1. The second-order valence-corrected chi connectivity index (χ2v) is 4.03. The van der Waals surface area contributed by atoms with Crippen LogP contribution in [0.25, 0.3) is 11.0 Å². The summed E-state index contributed by atoms with van der Waals surface area (Å²) in [5.74, 6) is 0.670. The molecule has 0 amide bonds. The highest BCUT2D eigenvalue weighted by molar-refractivity contribution is 5.73. The third kappa shape index (κ3) is 1.52. The molecular weight excluding hydrogens is 190 g/mol. The number of rotatable bonds is 2. The first-order valence-corrected chi connectivity index (χ1v) is 5.14. The van der Waals surface area contributed by atoms with Gasteiger partial charge in [0.2, 0.25) is 0 Å². The van der Waals surface area contributed by atoms with Crippen molar-refractivity contribution in [3.05, 3.63) is 35.0 Å². The molecule has 0 bridgehead atoms. The van der Waals surface area contributed by atoms with E-state index in [1.807, 2.05) is 0 Å². The van der Waals surface area contributed by atoms with Gasteiger partial charge in [-0.2, -0.15) is 0 Å². The molecule has 76 valence electrons. The summed E-state index contributed by atoms with van der Waals surface area (Å²) in [5.41, 5.74) is 0.789. The van der Waals surface area contributed by atoms with Crippen LogP contribution in [0.4, 0.5) is 0 Å². The zero-order valence-corrected chi connectivity index (χ0v) is 8.26. The Kier molecular flexibility index (Phi) is 1.80. The van der Waals surface area contributed by atoms with E-state index in [4.69, 9.17) is 0 Å². The molecule has 4 heteroatoms. The lowest BCUT2D eigenvalue weighted by atomic mass is 10.3. The third-order valence-electron chi connectivity index (χ3n) is 2.78. The second-order valence-electron chi connectivity index (χ2n) is 4.03. The average Bonchev–Trinajstić information content (AvgIpc) is 3.06. The van der Waals surface area contributed by atoms with Crippen LogP contribution in [-0.4, -0.2) is 14.5 Å². The zero-order valence-electron chi connectivity index (χ0n) is 8.26. The highest BCUT2D eigenvalue weighted by Crippen LogP contribution is 2.30. The van der Waals surface area contributed by atoms with E-state index >= 15 is 0 Å². The lowest BCUT2D eigenvalue weighted by molar-refractivity contribution is 0.621. The van der Waals surface area contributed by atoms with Gasteiger partial charge in [-0.1, -0.05) is 0 Å². The Hall–Kier alpha value is -1.71. The highest BCUT2D eigenvalue weighted by Gasteiger charge is 2.22. The Morgan fingerprint density at radius 2 is 2.27 bits per heavy atom. The number of aromatic nitrogens is 3. The van der Waals surface area contributed by atoms with E-state index in [2.05, 4.69) is 9.97 Å². The van der Waals surface area contributed by atoms with Gasteiger partial charge in [0.1, 0.15) is 12.0 Å². The van der Waals surface area contributed by atoms with Gasteiger partial charge in [-0.25, -0.2) is 9.97 Å². The van der Waals surface area contributed by atoms with Gasteiger partial charge in [0.05, 0.1) is 0 Å². The molecular formula is C11H11N3O. The van der Waals surface area contributed by atoms with Crippen LogP contribution >= 0.6 is 0 Å². The van der Waals surface area contributed by atoms with Crippen molar-refractivity contribution in [2.24, 2.45) is 5.92 Å². The minimum absolute atomic E-state index is 0.0353. The summed E-state index contributed by atoms with van der Waals surface area (Å²) < 4.78 is 1.76. The molecule has 2 aromatic rings. The van der Waals surface area contributed by atoms with Gasteiger partial charge >= 0.3 is 0 Å². The maximum atomic E-state index is 11.7. The predicted molar refractivity (Wildman–Crippen MR) is 56.5 cm³/mol. The summed E-state index contributed by atoms with van der Waals surface area (Å²) >= 11 is 0. The van der Waals surface area contributed by atoms with Crippen LogP contribution < -0.4 is 5.56 Å². The van der Waals surface area contributed by atoms with Crippen molar-refractivity contribution in [2.75, 3.05) is 0 Å². The topological polar surface area (TPSA) is 47.8 Å². The number of fused-ring (bicyclic) bond motifs is 1. The van der Waals surface area contributed by atoms with Crippen LogP contribution in [0.2, 0.25) is 0 Å². The summed E-state index contributed by atoms with van der Waals surface area (Å²) in [6, 6.07) is 3.37. The zero-order chi connectivity index (χ0) is 10.3. The molecule has 4 nitrogen and oxygen atoms in total. The van der Waals surface area contributed by atoms with Crippen LogP contribution in [0.15, 0.2) is 29.5 Å². The lowest BCUT2D eigenvalue weighted by Crippen LogP contribution is -2.21. The lowest BCUT2D eigenvalue weighted by Gasteiger charge is -2.06. The van der Waals surface area contributed by atoms with Gasteiger partial charge in [-0.15, -0.1) is 0 Å². The van der Waals surface area contributed by atoms with Crippen LogP contribution in [0.3, 0.4) is 0 Å². The number of nitrogens with zero attached hydrogens (tertiary/aromatic N) is 3. The summed E-state index contributed by atoms with van der Waals surface area (Å²) in [6.45, 7) is 0.799. The standard InChI is InChI=1S/C11H11N3O/c15-10-4-3-9-5-12-7-13-11(9)14(10)6-8-1-2-8/h3-5,7-8H,1-2,6H2. The Balaban J connectivity index is 2.22. The van der Waals surface area contributed by atoms with Crippen molar-refractivity contribution in [2.45, 2.75) is 19.4 Å². The van der Waals surface area contributed by atoms with Crippen LogP contribution in [0.1, 0.15) is 12.8 Å². The molecule has 0 spiro atoms. The van der Waals surface area contributed by atoms with Crippen LogP contribution in [0.5, 0.6) is 0 Å². The molecule has 2 aromatic heterocycles. The molecule has 2 heterocycles. The first kappa shape index (κ1) is 8.59. The van der Waals surface area contributed by atoms with Gasteiger partial charge in [0, 0.05) is 24.2 Å². The van der Waals surface area contributed by atoms with Crippen molar-refractivity contribution >= 4 is 11.0 Å². The molecule has 0 radical (unpaired) electrons. The van der Waals surface area contributed by atoms with Crippen molar-refractivity contribution in [3.8, 4) is 0 Å². The van der Waals surface area contributed by atoms with Gasteiger partial charge in [0.15, 0.2) is 0 Å². The first-order chi connectivity index (χ1) is 7.34. The fourth-order valence-corrected chi connectivity index (χ4v) is 1.77. The summed E-state index contributed by atoms with van der Waals surface area (Å²) in [7, 11) is 0. The largest absolute Gasteiger partial charge is 0.292 e. The van der Waals surface area contributed by atoms with E-state index in [0.717, 1.165) is 17.6 Å². The maximum Gasteiger partial charge on any atom is 0.252 e. The molecule has 1 fully saturated rings. The van der Waals surface area contributed by atoms with Gasteiger partial charge in [0.25, 0.3) is 5.56 Å². The Morgan fingerprint density at radius 3 is 3.07 bits per heavy atom. The maximum absolute atomic E-state index is 11.7. The molecule has 0 saturated heterocycles. The van der Waals surface area contributed by atoms with Gasteiger partial charge in [-0.05, 0) is 24.8 Å². The fraction of sp³-hybridized carbons (Fsp3) is 0.364. The van der Waals surface area contributed by atoms with E-state index in [0.29, 0.717) is 5.92 Å². The van der Waals surface area contributed by atoms with Crippen molar-refractivity contribution in [1.29, 1.82) is 0 Å². The predicted octanol–water partition coefficient (Wildman–Crippen LogP) is 1.20. The van der Waals surface area contributed by atoms with E-state index in [9.17, 15) is 4.79 Å².